The van der Waals surface area contributed by atoms with Crippen LogP contribution < -0.4 is 0 Å². The first-order valence-electron chi connectivity index (χ1n) is 4.71. The molecular weight excluding hydrogens is 212 g/mol. The Morgan fingerprint density at radius 2 is 1.88 bits per heavy atom. The minimum absolute atomic E-state index is 0.305. The van der Waals surface area contributed by atoms with Crippen LogP contribution in [0.25, 0.3) is 0 Å². The van der Waals surface area contributed by atoms with Gasteiger partial charge in [-0.1, -0.05) is 13.2 Å². The van der Waals surface area contributed by atoms with E-state index in [-0.39, 0.29) is 5.97 Å². The summed E-state index contributed by atoms with van der Waals surface area (Å²) in [6, 6.07) is 0. The molecule has 0 amide bonds. The summed E-state index contributed by atoms with van der Waals surface area (Å²) in [4.78, 5) is 20.0. The predicted octanol–water partition coefficient (Wildman–Crippen LogP) is 1.40. The van der Waals surface area contributed by atoms with E-state index in [2.05, 4.69) is 13.2 Å². The minimum atomic E-state index is -0.981. The molecule has 0 aliphatic heterocycles. The first-order chi connectivity index (χ1) is 7.45. The molecule has 0 aliphatic carbocycles. The second-order valence-electron chi connectivity index (χ2n) is 2.66. The molecule has 0 aromatic rings. The van der Waals surface area contributed by atoms with Crippen molar-refractivity contribution in [1.29, 1.82) is 0 Å². The first-order valence-corrected chi connectivity index (χ1v) is 4.71. The van der Waals surface area contributed by atoms with E-state index in [0.29, 0.717) is 25.4 Å². The SMILES string of the molecule is C=C(C)C(=O)OCCOCC.C=CC(=O)O. The van der Waals surface area contributed by atoms with Crippen LogP contribution in [0, 0.1) is 0 Å². The third-order valence-electron chi connectivity index (χ3n) is 1.19. The first kappa shape index (κ1) is 16.8. The molecule has 0 atom stereocenters. The normalized spacial score (nSPS) is 8.38. The van der Waals surface area contributed by atoms with E-state index in [1.807, 2.05) is 6.92 Å². The average molecular weight is 230 g/mol. The van der Waals surface area contributed by atoms with E-state index >= 15 is 0 Å². The summed E-state index contributed by atoms with van der Waals surface area (Å²) in [5.74, 6) is -1.34. The number of ether oxygens (including phenoxy) is 2. The zero-order chi connectivity index (χ0) is 13.0. The summed E-state index contributed by atoms with van der Waals surface area (Å²) in [6.45, 7) is 11.3. The molecule has 0 saturated heterocycles. The maximum Gasteiger partial charge on any atom is 0.333 e. The second kappa shape index (κ2) is 11.5. The van der Waals surface area contributed by atoms with E-state index in [0.717, 1.165) is 6.08 Å². The van der Waals surface area contributed by atoms with Gasteiger partial charge in [0.1, 0.15) is 6.61 Å². The highest BCUT2D eigenvalue weighted by molar-refractivity contribution is 5.86. The van der Waals surface area contributed by atoms with Crippen LogP contribution in [-0.2, 0) is 19.1 Å². The van der Waals surface area contributed by atoms with Gasteiger partial charge in [0.15, 0.2) is 0 Å². The second-order valence-corrected chi connectivity index (χ2v) is 2.66. The van der Waals surface area contributed by atoms with Crippen LogP contribution in [0.1, 0.15) is 13.8 Å². The molecule has 0 rings (SSSR count). The van der Waals surface area contributed by atoms with Crippen LogP contribution in [0.4, 0.5) is 0 Å². The van der Waals surface area contributed by atoms with E-state index in [1.165, 1.54) is 0 Å². The Hall–Kier alpha value is -1.62. The third kappa shape index (κ3) is 14.9. The van der Waals surface area contributed by atoms with Crippen LogP contribution >= 0.6 is 0 Å². The third-order valence-corrected chi connectivity index (χ3v) is 1.19. The smallest absolute Gasteiger partial charge is 0.333 e. The van der Waals surface area contributed by atoms with E-state index in [1.54, 1.807) is 6.92 Å². The van der Waals surface area contributed by atoms with Gasteiger partial charge in [0.05, 0.1) is 6.61 Å². The molecule has 0 bridgehead atoms. The molecule has 5 heteroatoms. The van der Waals surface area contributed by atoms with E-state index < -0.39 is 5.97 Å². The molecule has 0 aromatic carbocycles. The Balaban J connectivity index is 0. The van der Waals surface area contributed by atoms with E-state index in [4.69, 9.17) is 14.6 Å². The Morgan fingerprint density at radius 1 is 1.38 bits per heavy atom. The molecular formula is C11H18O5. The van der Waals surface area contributed by atoms with Crippen LogP contribution in [-0.4, -0.2) is 36.9 Å². The molecule has 92 valence electrons. The van der Waals surface area contributed by atoms with Crippen LogP contribution in [0.5, 0.6) is 0 Å². The monoisotopic (exact) mass is 230 g/mol. The average Bonchev–Trinajstić information content (AvgIpc) is 2.24. The molecule has 5 nitrogen and oxygen atoms in total. The molecule has 0 unspecified atom stereocenters. The van der Waals surface area contributed by atoms with Crippen LogP contribution in [0.2, 0.25) is 0 Å². The number of rotatable bonds is 6. The number of esters is 1. The lowest BCUT2D eigenvalue weighted by atomic mass is 10.4. The van der Waals surface area contributed by atoms with Crippen molar-refractivity contribution in [1.82, 2.24) is 0 Å². The fourth-order valence-electron chi connectivity index (χ4n) is 0.461. The fraction of sp³-hybridized carbons (Fsp3) is 0.455. The minimum Gasteiger partial charge on any atom is -0.478 e. The summed E-state index contributed by atoms with van der Waals surface area (Å²) < 4.78 is 9.70. The summed E-state index contributed by atoms with van der Waals surface area (Å²) in [5, 5.41) is 7.60. The number of hydrogen-bond acceptors (Lipinski definition) is 4. The van der Waals surface area contributed by atoms with Crippen molar-refractivity contribution >= 4 is 11.9 Å². The van der Waals surface area contributed by atoms with E-state index in [9.17, 15) is 9.59 Å². The van der Waals surface area contributed by atoms with Gasteiger partial charge in [-0.2, -0.15) is 0 Å². The summed E-state index contributed by atoms with van der Waals surface area (Å²) in [7, 11) is 0. The topological polar surface area (TPSA) is 72.8 Å². The van der Waals surface area contributed by atoms with Crippen molar-refractivity contribution in [3.8, 4) is 0 Å². The number of hydrogen-bond donors (Lipinski definition) is 1. The summed E-state index contributed by atoms with van der Waals surface area (Å²) >= 11 is 0. The maximum absolute atomic E-state index is 10.7. The number of aliphatic carboxylic acids is 1. The number of carboxylic acids is 1. The Bertz CT molecular complexity index is 245. The number of carbonyl (C=O) groups is 2. The maximum atomic E-state index is 10.7. The van der Waals surface area contributed by atoms with Gasteiger partial charge in [0.25, 0.3) is 0 Å². The van der Waals surface area contributed by atoms with Gasteiger partial charge in [0.2, 0.25) is 0 Å². The number of carbonyl (C=O) groups excluding carboxylic acids is 1. The molecule has 1 N–H and O–H groups in total. The number of carboxylic acid groups (broad SMARTS) is 1. The van der Waals surface area contributed by atoms with Gasteiger partial charge in [-0.05, 0) is 13.8 Å². The molecule has 0 spiro atoms. The summed E-state index contributed by atoms with van der Waals surface area (Å²) in [5.41, 5.74) is 0.418. The molecule has 16 heavy (non-hydrogen) atoms. The van der Waals surface area contributed by atoms with Crippen molar-refractivity contribution in [2.24, 2.45) is 0 Å². The standard InChI is InChI=1S/C8H14O3.C3H4O2/c1-4-10-5-6-11-8(9)7(2)3;1-2-3(4)5/h2,4-6H2,1,3H3;2H,1H2,(H,4,5). The molecule has 0 aromatic heterocycles. The molecule has 0 heterocycles. The van der Waals surface area contributed by atoms with Gasteiger partial charge >= 0.3 is 11.9 Å². The lowest BCUT2D eigenvalue weighted by Crippen LogP contribution is -2.10. The van der Waals surface area contributed by atoms with Crippen LogP contribution in [0.15, 0.2) is 24.8 Å². The molecule has 0 saturated carbocycles. The van der Waals surface area contributed by atoms with Crippen molar-refractivity contribution < 1.29 is 24.2 Å². The summed E-state index contributed by atoms with van der Waals surface area (Å²) in [6.07, 6.45) is 0.833. The fourth-order valence-corrected chi connectivity index (χ4v) is 0.461. The molecule has 0 fully saturated rings. The van der Waals surface area contributed by atoms with Gasteiger partial charge in [-0.3, -0.25) is 0 Å². The Morgan fingerprint density at radius 3 is 2.19 bits per heavy atom. The quantitative estimate of drug-likeness (QED) is 0.424. The van der Waals surface area contributed by atoms with Crippen LogP contribution in [0.3, 0.4) is 0 Å². The van der Waals surface area contributed by atoms with Gasteiger partial charge in [-0.25, -0.2) is 9.59 Å². The van der Waals surface area contributed by atoms with Crippen molar-refractivity contribution in [2.75, 3.05) is 19.8 Å². The van der Waals surface area contributed by atoms with Gasteiger partial charge in [0, 0.05) is 18.3 Å². The molecule has 0 radical (unpaired) electrons. The van der Waals surface area contributed by atoms with Gasteiger partial charge in [-0.15, -0.1) is 0 Å². The zero-order valence-corrected chi connectivity index (χ0v) is 9.69. The van der Waals surface area contributed by atoms with Crippen molar-refractivity contribution in [2.45, 2.75) is 13.8 Å². The van der Waals surface area contributed by atoms with Gasteiger partial charge < -0.3 is 14.6 Å². The zero-order valence-electron chi connectivity index (χ0n) is 9.69. The highest BCUT2D eigenvalue weighted by Gasteiger charge is 2.00. The highest BCUT2D eigenvalue weighted by Crippen LogP contribution is 1.91. The lowest BCUT2D eigenvalue weighted by molar-refractivity contribution is -0.140. The lowest BCUT2D eigenvalue weighted by Gasteiger charge is -2.03. The Labute approximate surface area is 95.4 Å². The largest absolute Gasteiger partial charge is 0.478 e. The highest BCUT2D eigenvalue weighted by atomic mass is 16.6. The van der Waals surface area contributed by atoms with Crippen molar-refractivity contribution in [3.63, 3.8) is 0 Å². The molecule has 0 aliphatic rings. The van der Waals surface area contributed by atoms with Crippen molar-refractivity contribution in [3.05, 3.63) is 24.8 Å². The predicted molar refractivity (Wildman–Crippen MR) is 60.1 cm³/mol. The Kier molecular flexibility index (Phi) is 12.0.